The van der Waals surface area contributed by atoms with Crippen LogP contribution in [0.1, 0.15) is 35.8 Å². The van der Waals surface area contributed by atoms with Crippen molar-refractivity contribution in [3.63, 3.8) is 0 Å². The summed E-state index contributed by atoms with van der Waals surface area (Å²) < 4.78 is 1.76. The third-order valence-electron chi connectivity index (χ3n) is 4.91. The molecule has 1 aliphatic rings. The Bertz CT molecular complexity index is 761. The fourth-order valence-electron chi connectivity index (χ4n) is 3.59. The molecule has 1 aliphatic heterocycles. The minimum atomic E-state index is -0.950. The summed E-state index contributed by atoms with van der Waals surface area (Å²) in [7, 11) is 1.74. The number of amides is 1. The van der Waals surface area contributed by atoms with E-state index in [-0.39, 0.29) is 12.5 Å². The molecule has 0 unspecified atom stereocenters. The van der Waals surface area contributed by atoms with Gasteiger partial charge < -0.3 is 14.9 Å². The van der Waals surface area contributed by atoms with E-state index in [4.69, 9.17) is 0 Å². The van der Waals surface area contributed by atoms with Crippen LogP contribution in [0.2, 0.25) is 0 Å². The minimum absolute atomic E-state index is 0.106. The van der Waals surface area contributed by atoms with Crippen LogP contribution in [0.5, 0.6) is 0 Å². The molecule has 0 aromatic carbocycles. The number of nitrogens with zero attached hydrogens (tertiary/aromatic N) is 5. The number of aliphatic hydroxyl groups is 1. The quantitative estimate of drug-likeness (QED) is 0.882. The van der Waals surface area contributed by atoms with Gasteiger partial charge in [0, 0.05) is 39.1 Å². The van der Waals surface area contributed by atoms with Crippen LogP contribution in [-0.4, -0.2) is 63.0 Å². The molecule has 7 heteroatoms. The zero-order valence-electron chi connectivity index (χ0n) is 15.7. The molecule has 140 valence electrons. The van der Waals surface area contributed by atoms with Crippen LogP contribution in [0.4, 0.5) is 5.82 Å². The van der Waals surface area contributed by atoms with Gasteiger partial charge in [-0.2, -0.15) is 5.10 Å². The number of aryl methyl sites for hydroxylation is 2. The third-order valence-corrected chi connectivity index (χ3v) is 4.91. The fourth-order valence-corrected chi connectivity index (χ4v) is 3.59. The van der Waals surface area contributed by atoms with E-state index in [0.29, 0.717) is 18.5 Å². The number of aromatic nitrogens is 3. The van der Waals surface area contributed by atoms with Gasteiger partial charge >= 0.3 is 0 Å². The van der Waals surface area contributed by atoms with Gasteiger partial charge in [-0.1, -0.05) is 6.07 Å². The Labute approximate surface area is 154 Å². The highest BCUT2D eigenvalue weighted by Gasteiger charge is 2.36. The molecule has 1 N–H and O–H groups in total. The van der Waals surface area contributed by atoms with Gasteiger partial charge in [0.05, 0.1) is 23.4 Å². The summed E-state index contributed by atoms with van der Waals surface area (Å²) in [4.78, 5) is 20.9. The lowest BCUT2D eigenvalue weighted by atomic mass is 9.92. The summed E-state index contributed by atoms with van der Waals surface area (Å²) in [6.07, 6.45) is 5.06. The Morgan fingerprint density at radius 2 is 2.23 bits per heavy atom. The lowest BCUT2D eigenvalue weighted by molar-refractivity contribution is -0.000157. The predicted molar refractivity (Wildman–Crippen MR) is 100 cm³/mol. The predicted octanol–water partition coefficient (Wildman–Crippen LogP) is 1.71. The molecule has 0 saturated carbocycles. The number of piperidine rings is 1. The van der Waals surface area contributed by atoms with Crippen molar-refractivity contribution in [1.29, 1.82) is 0 Å². The number of carbonyl (C=O) groups excluding carboxylic acids is 1. The van der Waals surface area contributed by atoms with Crippen LogP contribution in [0.25, 0.3) is 0 Å². The van der Waals surface area contributed by atoms with Crippen LogP contribution in [-0.2, 0) is 6.54 Å². The molecule has 0 bridgehead atoms. The van der Waals surface area contributed by atoms with Crippen molar-refractivity contribution in [1.82, 2.24) is 19.7 Å². The van der Waals surface area contributed by atoms with Crippen LogP contribution in [0, 0.1) is 6.92 Å². The average Bonchev–Trinajstić information content (AvgIpc) is 3.02. The van der Waals surface area contributed by atoms with Gasteiger partial charge in [-0.05, 0) is 38.8 Å². The Morgan fingerprint density at radius 3 is 2.88 bits per heavy atom. The monoisotopic (exact) mass is 357 g/mol. The number of anilines is 1. The van der Waals surface area contributed by atoms with Crippen molar-refractivity contribution in [2.24, 2.45) is 0 Å². The van der Waals surface area contributed by atoms with E-state index in [1.54, 1.807) is 29.0 Å². The maximum atomic E-state index is 12.8. The molecule has 1 atom stereocenters. The van der Waals surface area contributed by atoms with Crippen molar-refractivity contribution >= 4 is 11.7 Å². The second-order valence-electron chi connectivity index (χ2n) is 7.08. The number of rotatable bonds is 5. The summed E-state index contributed by atoms with van der Waals surface area (Å²) in [5.74, 6) is 0.755. The van der Waals surface area contributed by atoms with Crippen LogP contribution < -0.4 is 4.90 Å². The summed E-state index contributed by atoms with van der Waals surface area (Å²) in [6, 6.07) is 5.77. The second-order valence-corrected chi connectivity index (χ2v) is 7.08. The van der Waals surface area contributed by atoms with Gasteiger partial charge in [-0.3, -0.25) is 9.48 Å². The Hall–Kier alpha value is -2.41. The number of β-amino-alcohol motifs (C(OH)–C–C–N with tert-alkyl or cyclic N) is 1. The van der Waals surface area contributed by atoms with Crippen molar-refractivity contribution in [3.05, 3.63) is 41.9 Å². The maximum absolute atomic E-state index is 12.8. The molecule has 2 aromatic rings. The van der Waals surface area contributed by atoms with Gasteiger partial charge in [0.25, 0.3) is 5.91 Å². The summed E-state index contributed by atoms with van der Waals surface area (Å²) in [5, 5.41) is 15.4. The smallest absolute Gasteiger partial charge is 0.257 e. The van der Waals surface area contributed by atoms with Crippen molar-refractivity contribution in [2.45, 2.75) is 38.8 Å². The fraction of sp³-hybridized carbons (Fsp3) is 0.526. The highest BCUT2D eigenvalue weighted by Crippen LogP contribution is 2.26. The molecule has 1 amide bonds. The first-order valence-corrected chi connectivity index (χ1v) is 9.10. The SMILES string of the molecule is CCn1cc(C(=O)N(C)C[C@@]2(O)CCCN(c3ccccn3)C2)c(C)n1. The van der Waals surface area contributed by atoms with Gasteiger partial charge in [0.2, 0.25) is 0 Å². The summed E-state index contributed by atoms with van der Waals surface area (Å²) >= 11 is 0. The standard InChI is InChI=1S/C19H27N5O2/c1-4-24-12-16(15(2)21-24)18(25)22(3)13-19(26)9-7-11-23(14-19)17-8-5-6-10-20-17/h5-6,8,10,12,26H,4,7,9,11,13-14H2,1-3H3/t19-/m0/s1. The first-order valence-electron chi connectivity index (χ1n) is 9.10. The number of hydrogen-bond donors (Lipinski definition) is 1. The number of likely N-dealkylation sites (N-methyl/N-ethyl adjacent to an activating group) is 1. The van der Waals surface area contributed by atoms with Gasteiger partial charge in [0.15, 0.2) is 0 Å². The molecule has 0 radical (unpaired) electrons. The third kappa shape index (κ3) is 3.88. The minimum Gasteiger partial charge on any atom is -0.386 e. The van der Waals surface area contributed by atoms with Crippen molar-refractivity contribution in [2.75, 3.05) is 31.6 Å². The Kier molecular flexibility index (Phi) is 5.27. The summed E-state index contributed by atoms with van der Waals surface area (Å²) in [5.41, 5.74) is 0.360. The summed E-state index contributed by atoms with van der Waals surface area (Å²) in [6.45, 7) is 6.16. The first kappa shape index (κ1) is 18.4. The van der Waals surface area contributed by atoms with Crippen LogP contribution >= 0.6 is 0 Å². The Balaban J connectivity index is 1.70. The average molecular weight is 357 g/mol. The molecule has 3 rings (SSSR count). The topological polar surface area (TPSA) is 74.5 Å². The van der Waals surface area contributed by atoms with E-state index in [1.165, 1.54) is 0 Å². The molecular formula is C19H27N5O2. The number of carbonyl (C=O) groups is 1. The number of pyridine rings is 1. The molecular weight excluding hydrogens is 330 g/mol. The molecule has 3 heterocycles. The van der Waals surface area contributed by atoms with Crippen molar-refractivity contribution in [3.8, 4) is 0 Å². The van der Waals surface area contributed by atoms with Crippen LogP contribution in [0.15, 0.2) is 30.6 Å². The number of hydrogen-bond acceptors (Lipinski definition) is 5. The van der Waals surface area contributed by atoms with E-state index in [0.717, 1.165) is 31.0 Å². The highest BCUT2D eigenvalue weighted by molar-refractivity contribution is 5.94. The molecule has 26 heavy (non-hydrogen) atoms. The lowest BCUT2D eigenvalue weighted by Gasteiger charge is -2.41. The zero-order chi connectivity index (χ0) is 18.7. The van der Waals surface area contributed by atoms with E-state index in [9.17, 15) is 9.90 Å². The lowest BCUT2D eigenvalue weighted by Crippen LogP contribution is -2.54. The molecule has 2 aromatic heterocycles. The molecule has 0 aliphatic carbocycles. The zero-order valence-corrected chi connectivity index (χ0v) is 15.7. The van der Waals surface area contributed by atoms with Gasteiger partial charge in [0.1, 0.15) is 5.82 Å². The van der Waals surface area contributed by atoms with E-state index >= 15 is 0 Å². The largest absolute Gasteiger partial charge is 0.386 e. The van der Waals surface area contributed by atoms with E-state index < -0.39 is 5.60 Å². The van der Waals surface area contributed by atoms with E-state index in [1.807, 2.05) is 32.0 Å². The molecule has 1 fully saturated rings. The van der Waals surface area contributed by atoms with Crippen LogP contribution in [0.3, 0.4) is 0 Å². The first-order chi connectivity index (χ1) is 12.4. The normalized spacial score (nSPS) is 20.2. The van der Waals surface area contributed by atoms with Gasteiger partial charge in [-0.25, -0.2) is 4.98 Å². The van der Waals surface area contributed by atoms with Gasteiger partial charge in [-0.15, -0.1) is 0 Å². The second kappa shape index (κ2) is 7.45. The van der Waals surface area contributed by atoms with Crippen molar-refractivity contribution < 1.29 is 9.90 Å². The van der Waals surface area contributed by atoms with E-state index in [2.05, 4.69) is 15.0 Å². The molecule has 0 spiro atoms. The molecule has 1 saturated heterocycles. The molecule has 7 nitrogen and oxygen atoms in total. The maximum Gasteiger partial charge on any atom is 0.257 e. The Morgan fingerprint density at radius 1 is 1.42 bits per heavy atom. The highest BCUT2D eigenvalue weighted by atomic mass is 16.3.